The van der Waals surface area contributed by atoms with E-state index < -0.39 is 27.2 Å². The second-order valence-electron chi connectivity index (χ2n) is 10.9. The van der Waals surface area contributed by atoms with Crippen LogP contribution in [-0.4, -0.2) is 53.4 Å². The van der Waals surface area contributed by atoms with Gasteiger partial charge in [-0.25, -0.2) is 0 Å². The SMILES string of the molecule is COCOc1ccc2c(c1)CC[C@@H]1[C@@H]2CC[C@@]2(C)[C@H]1C[C@H](OS(=O)(=O)c1ccc([N+](=O)[O-])cc1)[C@@H]2OCOC. The summed E-state index contributed by atoms with van der Waals surface area (Å²) >= 11 is 0. The van der Waals surface area contributed by atoms with Crippen LogP contribution in [0.5, 0.6) is 5.75 Å². The highest BCUT2D eigenvalue weighted by Gasteiger charge is 2.60. The maximum Gasteiger partial charge on any atom is 0.297 e. The van der Waals surface area contributed by atoms with Crippen LogP contribution in [-0.2, 0) is 34.9 Å². The first-order valence-electron chi connectivity index (χ1n) is 13.2. The molecule has 5 rings (SSSR count). The van der Waals surface area contributed by atoms with Crippen molar-refractivity contribution >= 4 is 15.8 Å². The van der Waals surface area contributed by atoms with Crippen molar-refractivity contribution in [3.63, 3.8) is 0 Å². The van der Waals surface area contributed by atoms with Crippen molar-refractivity contribution in [1.82, 2.24) is 0 Å². The fourth-order valence-electron chi connectivity index (χ4n) is 7.20. The molecule has 11 heteroatoms. The van der Waals surface area contributed by atoms with Crippen LogP contribution < -0.4 is 4.74 Å². The molecule has 2 aromatic carbocycles. The van der Waals surface area contributed by atoms with E-state index in [4.69, 9.17) is 23.1 Å². The van der Waals surface area contributed by atoms with Crippen molar-refractivity contribution in [2.45, 2.75) is 62.0 Å². The van der Waals surface area contributed by atoms with Crippen LogP contribution in [0.3, 0.4) is 0 Å². The summed E-state index contributed by atoms with van der Waals surface area (Å²) in [6.45, 7) is 2.43. The van der Waals surface area contributed by atoms with Crippen molar-refractivity contribution in [1.29, 1.82) is 0 Å². The van der Waals surface area contributed by atoms with E-state index in [0.29, 0.717) is 18.3 Å². The molecular formula is C28H35NO9S. The molecule has 2 fully saturated rings. The molecule has 0 amide bonds. The molecule has 10 nitrogen and oxygen atoms in total. The van der Waals surface area contributed by atoms with Crippen LogP contribution in [0.25, 0.3) is 0 Å². The molecule has 3 aliphatic rings. The highest BCUT2D eigenvalue weighted by atomic mass is 32.2. The van der Waals surface area contributed by atoms with Crippen LogP contribution >= 0.6 is 0 Å². The van der Waals surface area contributed by atoms with Gasteiger partial charge in [0, 0.05) is 26.4 Å². The molecule has 0 aliphatic heterocycles. The zero-order valence-electron chi connectivity index (χ0n) is 22.4. The van der Waals surface area contributed by atoms with Gasteiger partial charge in [0.15, 0.2) is 6.79 Å². The van der Waals surface area contributed by atoms with Gasteiger partial charge in [0.05, 0.1) is 15.9 Å². The lowest BCUT2D eigenvalue weighted by atomic mass is 9.55. The summed E-state index contributed by atoms with van der Waals surface area (Å²) < 4.78 is 54.4. The summed E-state index contributed by atoms with van der Waals surface area (Å²) in [4.78, 5) is 10.3. The van der Waals surface area contributed by atoms with E-state index in [-0.39, 0.29) is 35.5 Å². The van der Waals surface area contributed by atoms with Gasteiger partial charge in [-0.15, -0.1) is 0 Å². The van der Waals surface area contributed by atoms with E-state index in [9.17, 15) is 18.5 Å². The predicted octanol–water partition coefficient (Wildman–Crippen LogP) is 4.81. The minimum atomic E-state index is -4.17. The Bertz CT molecular complexity index is 1300. The smallest absolute Gasteiger partial charge is 0.297 e. The Morgan fingerprint density at radius 3 is 2.49 bits per heavy atom. The Kier molecular flexibility index (Phi) is 7.98. The van der Waals surface area contributed by atoms with Gasteiger partial charge in [-0.3, -0.25) is 14.3 Å². The number of fused-ring (bicyclic) bond motifs is 5. The van der Waals surface area contributed by atoms with Gasteiger partial charge in [-0.2, -0.15) is 8.42 Å². The van der Waals surface area contributed by atoms with Crippen molar-refractivity contribution in [2.24, 2.45) is 17.3 Å². The number of nitro groups is 1. The molecule has 0 unspecified atom stereocenters. The van der Waals surface area contributed by atoms with Crippen LogP contribution in [0.4, 0.5) is 5.69 Å². The molecule has 2 aromatic rings. The highest BCUT2D eigenvalue weighted by molar-refractivity contribution is 7.86. The van der Waals surface area contributed by atoms with E-state index in [1.54, 1.807) is 7.11 Å². The molecule has 0 N–H and O–H groups in total. The first kappa shape index (κ1) is 28.0. The number of aryl methyl sites for hydroxylation is 1. The molecule has 39 heavy (non-hydrogen) atoms. The average molecular weight is 562 g/mol. The molecule has 3 aliphatic carbocycles. The minimum Gasteiger partial charge on any atom is -0.468 e. The number of methoxy groups -OCH3 is 2. The fraction of sp³-hybridized carbons (Fsp3) is 0.571. The molecule has 0 radical (unpaired) electrons. The summed E-state index contributed by atoms with van der Waals surface area (Å²) in [7, 11) is -1.03. The summed E-state index contributed by atoms with van der Waals surface area (Å²) in [5.41, 5.74) is 2.17. The maximum atomic E-state index is 13.3. The van der Waals surface area contributed by atoms with Crippen LogP contribution in [0.2, 0.25) is 0 Å². The molecule has 0 aromatic heterocycles. The number of rotatable bonds is 10. The molecule has 0 heterocycles. The average Bonchev–Trinajstić information content (AvgIpc) is 3.20. The van der Waals surface area contributed by atoms with E-state index in [1.807, 2.05) is 6.07 Å². The standard InChI is InChI=1S/C28H35NO9S/c1-28-13-12-23-22-11-7-20(36-16-34-2)14-18(22)4-10-24(23)25(28)15-26(27(28)37-17-35-3)38-39(32,33)21-8-5-19(6-9-21)29(30)31/h5-9,11,14,23-27H,4,10,12-13,15-17H2,1-3H3/t23-,24-,25+,26+,27+,28+/m1/s1. The molecule has 212 valence electrons. The third-order valence-corrected chi connectivity index (χ3v) is 10.3. The van der Waals surface area contributed by atoms with Gasteiger partial charge in [0.25, 0.3) is 15.8 Å². The Hall–Kier alpha value is -2.57. The maximum absolute atomic E-state index is 13.3. The van der Waals surface area contributed by atoms with Crippen molar-refractivity contribution in [2.75, 3.05) is 27.8 Å². The normalized spacial score (nSPS) is 29.8. The van der Waals surface area contributed by atoms with E-state index in [1.165, 1.54) is 42.5 Å². The largest absolute Gasteiger partial charge is 0.468 e. The lowest BCUT2D eigenvalue weighted by Crippen LogP contribution is -2.46. The van der Waals surface area contributed by atoms with Crippen molar-refractivity contribution in [3.05, 3.63) is 63.7 Å². The summed E-state index contributed by atoms with van der Waals surface area (Å²) in [6, 6.07) is 11.0. The van der Waals surface area contributed by atoms with Gasteiger partial charge in [0.2, 0.25) is 0 Å². The summed E-state index contributed by atoms with van der Waals surface area (Å²) in [6.07, 6.45) is 3.13. The number of hydrogen-bond donors (Lipinski definition) is 0. The van der Waals surface area contributed by atoms with Crippen LogP contribution in [0.1, 0.15) is 49.7 Å². The zero-order valence-corrected chi connectivity index (χ0v) is 23.2. The molecule has 2 saturated carbocycles. The summed E-state index contributed by atoms with van der Waals surface area (Å²) in [5, 5.41) is 11.0. The highest BCUT2D eigenvalue weighted by Crippen LogP contribution is 2.62. The number of nitro benzene ring substituents is 1. The van der Waals surface area contributed by atoms with Gasteiger partial charge >= 0.3 is 0 Å². The second-order valence-corrected chi connectivity index (χ2v) is 12.5. The third-order valence-electron chi connectivity index (χ3n) is 8.90. The summed E-state index contributed by atoms with van der Waals surface area (Å²) in [5.74, 6) is 1.74. The Morgan fingerprint density at radius 2 is 1.79 bits per heavy atom. The van der Waals surface area contributed by atoms with Gasteiger partial charge in [-0.05, 0) is 90.7 Å². The van der Waals surface area contributed by atoms with E-state index in [0.717, 1.165) is 31.4 Å². The number of benzene rings is 2. The quantitative estimate of drug-likeness (QED) is 0.174. The van der Waals surface area contributed by atoms with Crippen molar-refractivity contribution in [3.8, 4) is 5.75 Å². The topological polar surface area (TPSA) is 123 Å². The predicted molar refractivity (Wildman–Crippen MR) is 141 cm³/mol. The number of hydrogen-bond acceptors (Lipinski definition) is 9. The number of non-ortho nitro benzene ring substituents is 1. The minimum absolute atomic E-state index is 0.0333. The van der Waals surface area contributed by atoms with Crippen LogP contribution in [0, 0.1) is 27.4 Å². The molecule has 0 saturated heterocycles. The molecule has 0 bridgehead atoms. The van der Waals surface area contributed by atoms with E-state index in [2.05, 4.69) is 19.1 Å². The number of ether oxygens (including phenoxy) is 4. The van der Waals surface area contributed by atoms with Gasteiger partial charge in [-0.1, -0.05) is 13.0 Å². The zero-order chi connectivity index (χ0) is 27.8. The first-order chi connectivity index (χ1) is 18.7. The Balaban J connectivity index is 1.40. The Labute approximate surface area is 228 Å². The van der Waals surface area contributed by atoms with Gasteiger partial charge in [0.1, 0.15) is 18.6 Å². The van der Waals surface area contributed by atoms with Crippen molar-refractivity contribution < 1.29 is 36.5 Å². The molecule has 0 spiro atoms. The fourth-order valence-corrected chi connectivity index (χ4v) is 8.29. The second kappa shape index (κ2) is 11.1. The van der Waals surface area contributed by atoms with Gasteiger partial charge < -0.3 is 18.9 Å². The molecule has 6 atom stereocenters. The number of nitrogens with zero attached hydrogens (tertiary/aromatic N) is 1. The molecular weight excluding hydrogens is 526 g/mol. The lowest BCUT2D eigenvalue weighted by Gasteiger charge is -2.50. The first-order valence-corrected chi connectivity index (χ1v) is 14.6. The van der Waals surface area contributed by atoms with E-state index >= 15 is 0 Å². The lowest BCUT2D eigenvalue weighted by molar-refractivity contribution is -0.384. The third kappa shape index (κ3) is 5.30. The monoisotopic (exact) mass is 561 g/mol. The van der Waals surface area contributed by atoms with Crippen LogP contribution in [0.15, 0.2) is 47.4 Å². The Morgan fingerprint density at radius 1 is 1.05 bits per heavy atom.